The molecule has 30 heavy (non-hydrogen) atoms. The van der Waals surface area contributed by atoms with Crippen LogP contribution < -0.4 is 19.8 Å². The van der Waals surface area contributed by atoms with E-state index in [1.807, 2.05) is 48.5 Å². The lowest BCUT2D eigenvalue weighted by molar-refractivity contribution is -0.900. The van der Waals surface area contributed by atoms with E-state index in [1.165, 1.54) is 4.90 Å². The van der Waals surface area contributed by atoms with Gasteiger partial charge in [-0.25, -0.2) is 5.01 Å². The first-order valence-corrected chi connectivity index (χ1v) is 10.2. The maximum absolute atomic E-state index is 13.2. The summed E-state index contributed by atoms with van der Waals surface area (Å²) in [5, 5.41) is 1.74. The Balaban J connectivity index is 1.58. The van der Waals surface area contributed by atoms with Crippen LogP contribution in [0.15, 0.2) is 54.6 Å². The molecule has 2 aromatic carbocycles. The molecular formula is C23H28N3O4+. The molecule has 2 aromatic rings. The number of hydrazine groups is 1. The van der Waals surface area contributed by atoms with Crippen LogP contribution in [0.3, 0.4) is 0 Å². The second-order valence-electron chi connectivity index (χ2n) is 7.44. The van der Waals surface area contributed by atoms with E-state index in [9.17, 15) is 4.79 Å². The maximum Gasteiger partial charge on any atom is 0.296 e. The minimum absolute atomic E-state index is 0.0625. The molecule has 2 N–H and O–H groups in total. The van der Waals surface area contributed by atoms with Gasteiger partial charge < -0.3 is 19.1 Å². The molecule has 0 aliphatic carbocycles. The molecule has 7 heteroatoms. The molecule has 158 valence electrons. The lowest BCUT2D eigenvalue weighted by Crippen LogP contribution is -3.15. The summed E-state index contributed by atoms with van der Waals surface area (Å²) in [5.41, 5.74) is 6.27. The van der Waals surface area contributed by atoms with Gasteiger partial charge in [0.1, 0.15) is 24.6 Å². The molecule has 2 aliphatic heterocycles. The number of amides is 1. The summed E-state index contributed by atoms with van der Waals surface area (Å²) in [5.74, 6) is 1.65. The zero-order chi connectivity index (χ0) is 20.9. The van der Waals surface area contributed by atoms with Crippen molar-refractivity contribution < 1.29 is 23.9 Å². The normalized spacial score (nSPS) is 19.2. The van der Waals surface area contributed by atoms with E-state index < -0.39 is 0 Å². The fourth-order valence-corrected chi connectivity index (χ4v) is 3.80. The van der Waals surface area contributed by atoms with Crippen molar-refractivity contribution in [2.75, 3.05) is 47.1 Å². The van der Waals surface area contributed by atoms with Gasteiger partial charge in [0.15, 0.2) is 6.54 Å². The van der Waals surface area contributed by atoms with E-state index in [0.717, 1.165) is 41.4 Å². The highest BCUT2D eigenvalue weighted by atomic mass is 16.5. The van der Waals surface area contributed by atoms with E-state index in [4.69, 9.17) is 14.2 Å². The predicted octanol–water partition coefficient (Wildman–Crippen LogP) is 1.05. The van der Waals surface area contributed by atoms with E-state index >= 15 is 0 Å². The van der Waals surface area contributed by atoms with Crippen molar-refractivity contribution in [3.8, 4) is 11.5 Å². The van der Waals surface area contributed by atoms with Crippen molar-refractivity contribution in [2.45, 2.75) is 6.04 Å². The van der Waals surface area contributed by atoms with Crippen LogP contribution in [0.4, 0.5) is 0 Å². The molecule has 0 radical (unpaired) electrons. The molecule has 0 unspecified atom stereocenters. The Morgan fingerprint density at radius 3 is 2.23 bits per heavy atom. The number of methoxy groups -OCH3 is 2. The molecule has 0 saturated carbocycles. The molecule has 0 spiro atoms. The molecular weight excluding hydrogens is 382 g/mol. The van der Waals surface area contributed by atoms with Crippen molar-refractivity contribution in [3.05, 3.63) is 65.7 Å². The van der Waals surface area contributed by atoms with Gasteiger partial charge in [0.25, 0.3) is 5.91 Å². The average Bonchev–Trinajstić information content (AvgIpc) is 3.25. The number of benzene rings is 2. The quantitative estimate of drug-likeness (QED) is 0.745. The summed E-state index contributed by atoms with van der Waals surface area (Å²) in [6, 6.07) is 15.5. The van der Waals surface area contributed by atoms with Crippen LogP contribution >= 0.6 is 0 Å². The first kappa shape index (κ1) is 20.3. The Morgan fingerprint density at radius 1 is 1.03 bits per heavy atom. The molecule has 0 aromatic heterocycles. The van der Waals surface area contributed by atoms with Crippen LogP contribution in [0, 0.1) is 0 Å². The van der Waals surface area contributed by atoms with Gasteiger partial charge in [0.05, 0.1) is 39.2 Å². The van der Waals surface area contributed by atoms with Gasteiger partial charge >= 0.3 is 0 Å². The summed E-state index contributed by atoms with van der Waals surface area (Å²) >= 11 is 0. The summed E-state index contributed by atoms with van der Waals surface area (Å²) in [6.45, 7) is 3.55. The molecule has 2 heterocycles. The Labute approximate surface area is 176 Å². The van der Waals surface area contributed by atoms with E-state index in [2.05, 4.69) is 11.5 Å². The number of hydrogen-bond acceptors (Lipinski definition) is 5. The van der Waals surface area contributed by atoms with Crippen LogP contribution in [0.1, 0.15) is 17.2 Å². The van der Waals surface area contributed by atoms with Gasteiger partial charge in [-0.05, 0) is 53.6 Å². The second kappa shape index (κ2) is 9.19. The van der Waals surface area contributed by atoms with Gasteiger partial charge in [-0.15, -0.1) is 0 Å². The van der Waals surface area contributed by atoms with Gasteiger partial charge in [-0.2, -0.15) is 0 Å². The molecule has 2 aliphatic rings. The highest BCUT2D eigenvalue weighted by Crippen LogP contribution is 2.32. The van der Waals surface area contributed by atoms with Gasteiger partial charge in [-0.1, -0.05) is 12.1 Å². The summed E-state index contributed by atoms with van der Waals surface area (Å²) in [7, 11) is 3.30. The van der Waals surface area contributed by atoms with Crippen LogP contribution in [-0.2, 0) is 9.53 Å². The highest BCUT2D eigenvalue weighted by molar-refractivity contribution is 5.81. The van der Waals surface area contributed by atoms with E-state index in [1.54, 1.807) is 19.2 Å². The number of hydrogen-bond donors (Lipinski definition) is 2. The minimum Gasteiger partial charge on any atom is -0.497 e. The molecule has 1 atom stereocenters. The topological polar surface area (TPSA) is 64.5 Å². The number of quaternary nitrogens is 1. The predicted molar refractivity (Wildman–Crippen MR) is 113 cm³/mol. The monoisotopic (exact) mass is 410 g/mol. The molecule has 1 amide bonds. The molecule has 7 nitrogen and oxygen atoms in total. The van der Waals surface area contributed by atoms with Crippen molar-refractivity contribution in [1.82, 2.24) is 10.4 Å². The second-order valence-corrected chi connectivity index (χ2v) is 7.44. The Kier molecular flexibility index (Phi) is 6.21. The average molecular weight is 410 g/mol. The molecule has 0 bridgehead atoms. The zero-order valence-electron chi connectivity index (χ0n) is 17.4. The van der Waals surface area contributed by atoms with Crippen LogP contribution in [0.5, 0.6) is 11.5 Å². The van der Waals surface area contributed by atoms with Gasteiger partial charge in [-0.3, -0.25) is 10.2 Å². The van der Waals surface area contributed by atoms with Crippen molar-refractivity contribution >= 4 is 11.6 Å². The highest BCUT2D eigenvalue weighted by Gasteiger charge is 2.33. The number of rotatable bonds is 6. The zero-order valence-corrected chi connectivity index (χ0v) is 17.4. The Morgan fingerprint density at radius 2 is 1.63 bits per heavy atom. The Hall–Kier alpha value is -3.03. The van der Waals surface area contributed by atoms with E-state index in [0.29, 0.717) is 19.8 Å². The standard InChI is InChI=1S/C23H27N3O4/c1-28-19-7-3-17(4-8-19)21-15-22(18-5-9-20(29-2)10-6-18)26(24-21)23(27)16-25-11-13-30-14-12-25/h3-10,15,22,24H,11-14,16H2,1-2H3/p+1/t22-/m0/s1. The first-order valence-electron chi connectivity index (χ1n) is 10.2. The third-order valence-electron chi connectivity index (χ3n) is 5.57. The molecule has 1 saturated heterocycles. The van der Waals surface area contributed by atoms with Gasteiger partial charge in [0, 0.05) is 0 Å². The largest absolute Gasteiger partial charge is 0.497 e. The van der Waals surface area contributed by atoms with Crippen LogP contribution in [0.25, 0.3) is 5.70 Å². The van der Waals surface area contributed by atoms with Crippen molar-refractivity contribution in [3.63, 3.8) is 0 Å². The van der Waals surface area contributed by atoms with Crippen LogP contribution in [0.2, 0.25) is 0 Å². The number of carbonyl (C=O) groups excluding carboxylic acids is 1. The Bertz CT molecular complexity index is 890. The fourth-order valence-electron chi connectivity index (χ4n) is 3.80. The van der Waals surface area contributed by atoms with Gasteiger partial charge in [0.2, 0.25) is 0 Å². The third-order valence-corrected chi connectivity index (χ3v) is 5.57. The van der Waals surface area contributed by atoms with Crippen molar-refractivity contribution in [1.29, 1.82) is 0 Å². The van der Waals surface area contributed by atoms with Crippen molar-refractivity contribution in [2.24, 2.45) is 0 Å². The molecule has 1 fully saturated rings. The lowest BCUT2D eigenvalue weighted by Gasteiger charge is -2.29. The lowest BCUT2D eigenvalue weighted by atomic mass is 10.0. The number of nitrogens with zero attached hydrogens (tertiary/aromatic N) is 1. The third kappa shape index (κ3) is 4.42. The minimum atomic E-state index is -0.194. The summed E-state index contributed by atoms with van der Waals surface area (Å²) in [4.78, 5) is 14.5. The van der Waals surface area contributed by atoms with Crippen LogP contribution in [-0.4, -0.2) is 58.0 Å². The summed E-state index contributed by atoms with van der Waals surface area (Å²) < 4.78 is 16.0. The molecule has 4 rings (SSSR count). The fraction of sp³-hybridized carbons (Fsp3) is 0.348. The summed E-state index contributed by atoms with van der Waals surface area (Å²) in [6.07, 6.45) is 2.09. The number of carbonyl (C=O) groups is 1. The first-order chi connectivity index (χ1) is 14.7. The smallest absolute Gasteiger partial charge is 0.296 e. The number of morpholine rings is 1. The number of ether oxygens (including phenoxy) is 3. The maximum atomic E-state index is 13.2. The SMILES string of the molecule is COc1ccc(C2=C[C@@H](c3ccc(OC)cc3)N(C(=O)C[NH+]3CCOCC3)N2)cc1. The van der Waals surface area contributed by atoms with E-state index in [-0.39, 0.29) is 11.9 Å². The number of nitrogens with one attached hydrogen (secondary N) is 2.